The molecule has 0 aliphatic heterocycles. The lowest BCUT2D eigenvalue weighted by atomic mass is 9.91. The summed E-state index contributed by atoms with van der Waals surface area (Å²) in [5, 5.41) is 16.2. The molecule has 0 spiro atoms. The first kappa shape index (κ1) is 13.5. The van der Waals surface area contributed by atoms with E-state index in [1.165, 1.54) is 10.9 Å². The second kappa shape index (κ2) is 5.40. The molecule has 0 aliphatic carbocycles. The first-order valence-electron chi connectivity index (χ1n) is 6.02. The Morgan fingerprint density at radius 3 is 2.63 bits per heavy atom. The molecule has 1 N–H and O–H groups in total. The molecule has 19 heavy (non-hydrogen) atoms. The highest BCUT2D eigenvalue weighted by molar-refractivity contribution is 7.10. The van der Waals surface area contributed by atoms with E-state index in [0.29, 0.717) is 12.2 Å². The largest absolute Gasteiger partial charge is 0.379 e. The van der Waals surface area contributed by atoms with Gasteiger partial charge in [-0.05, 0) is 17.5 Å². The van der Waals surface area contributed by atoms with Crippen LogP contribution in [0.3, 0.4) is 0 Å². The van der Waals surface area contributed by atoms with Gasteiger partial charge in [-0.1, -0.05) is 32.0 Å². The number of benzene rings is 1. The zero-order valence-electron chi connectivity index (χ0n) is 10.9. The molecule has 2 aromatic rings. The molecule has 1 aromatic heterocycles. The van der Waals surface area contributed by atoms with Gasteiger partial charge in [0.2, 0.25) is 0 Å². The Morgan fingerprint density at radius 1 is 1.26 bits per heavy atom. The lowest BCUT2D eigenvalue weighted by molar-refractivity contribution is -0.384. The average molecular weight is 276 g/mol. The molecule has 0 amide bonds. The number of nitrogens with one attached hydrogen (secondary N) is 1. The smallest absolute Gasteiger partial charge is 0.292 e. The maximum Gasteiger partial charge on any atom is 0.292 e. The molecule has 1 aromatic carbocycles. The molecule has 0 fully saturated rings. The molecule has 2 rings (SSSR count). The molecule has 5 heteroatoms. The van der Waals surface area contributed by atoms with Crippen molar-refractivity contribution < 1.29 is 4.92 Å². The number of rotatable bonds is 5. The summed E-state index contributed by atoms with van der Waals surface area (Å²) in [6.07, 6.45) is 0. The van der Waals surface area contributed by atoms with Crippen molar-refractivity contribution in [1.82, 2.24) is 0 Å². The van der Waals surface area contributed by atoms with Crippen LogP contribution in [-0.2, 0) is 5.41 Å². The fraction of sp³-hybridized carbons (Fsp3) is 0.286. The summed E-state index contributed by atoms with van der Waals surface area (Å²) >= 11 is 1.70. The number of hydrogen-bond acceptors (Lipinski definition) is 4. The lowest BCUT2D eigenvalue weighted by Gasteiger charge is -2.24. The summed E-state index contributed by atoms with van der Waals surface area (Å²) in [6, 6.07) is 10.8. The lowest BCUT2D eigenvalue weighted by Crippen LogP contribution is -2.26. The molecule has 1 heterocycles. The highest BCUT2D eigenvalue weighted by Gasteiger charge is 2.23. The Morgan fingerprint density at radius 2 is 2.00 bits per heavy atom. The Kier molecular flexibility index (Phi) is 3.85. The van der Waals surface area contributed by atoms with E-state index in [-0.39, 0.29) is 16.0 Å². The van der Waals surface area contributed by atoms with Crippen molar-refractivity contribution in [2.75, 3.05) is 11.9 Å². The number of nitro groups is 1. The van der Waals surface area contributed by atoms with Gasteiger partial charge in [0, 0.05) is 22.9 Å². The summed E-state index contributed by atoms with van der Waals surface area (Å²) in [5.74, 6) is 0. The van der Waals surface area contributed by atoms with Crippen molar-refractivity contribution in [3.63, 3.8) is 0 Å². The van der Waals surface area contributed by atoms with Crippen LogP contribution in [0.5, 0.6) is 0 Å². The first-order chi connectivity index (χ1) is 9.00. The van der Waals surface area contributed by atoms with Gasteiger partial charge in [0.05, 0.1) is 4.92 Å². The van der Waals surface area contributed by atoms with E-state index in [1.54, 1.807) is 29.5 Å². The molecule has 4 nitrogen and oxygen atoms in total. The van der Waals surface area contributed by atoms with Crippen LogP contribution in [0.25, 0.3) is 0 Å². The summed E-state index contributed by atoms with van der Waals surface area (Å²) in [4.78, 5) is 11.8. The molecule has 0 radical (unpaired) electrons. The van der Waals surface area contributed by atoms with Gasteiger partial charge in [-0.15, -0.1) is 11.3 Å². The first-order valence-corrected chi connectivity index (χ1v) is 6.90. The Hall–Kier alpha value is -1.88. The van der Waals surface area contributed by atoms with Crippen LogP contribution < -0.4 is 5.32 Å². The molecule has 0 saturated carbocycles. The molecule has 0 unspecified atom stereocenters. The van der Waals surface area contributed by atoms with Gasteiger partial charge in [0.25, 0.3) is 5.69 Å². The number of thiophene rings is 1. The molecular weight excluding hydrogens is 260 g/mol. The Labute approximate surface area is 116 Å². The van der Waals surface area contributed by atoms with Gasteiger partial charge in [-0.25, -0.2) is 0 Å². The normalized spacial score (nSPS) is 11.3. The van der Waals surface area contributed by atoms with Crippen molar-refractivity contribution in [2.24, 2.45) is 0 Å². The number of nitro benzene ring substituents is 1. The van der Waals surface area contributed by atoms with Crippen LogP contribution in [0.4, 0.5) is 11.4 Å². The van der Waals surface area contributed by atoms with Gasteiger partial charge >= 0.3 is 0 Å². The van der Waals surface area contributed by atoms with Gasteiger partial charge in [-0.3, -0.25) is 10.1 Å². The standard InChI is InChI=1S/C14H16N2O2S/c1-14(2,13-8-5-9-19-13)10-15-11-6-3-4-7-12(11)16(17)18/h3-9,15H,10H2,1-2H3. The van der Waals surface area contributed by atoms with E-state index in [1.807, 2.05) is 11.4 Å². The topological polar surface area (TPSA) is 55.2 Å². The average Bonchev–Trinajstić information content (AvgIpc) is 2.91. The summed E-state index contributed by atoms with van der Waals surface area (Å²) in [7, 11) is 0. The third-order valence-electron chi connectivity index (χ3n) is 3.01. The maximum absolute atomic E-state index is 10.9. The van der Waals surface area contributed by atoms with Gasteiger partial charge < -0.3 is 5.32 Å². The van der Waals surface area contributed by atoms with Crippen molar-refractivity contribution in [3.8, 4) is 0 Å². The minimum Gasteiger partial charge on any atom is -0.379 e. The second-order valence-corrected chi connectivity index (χ2v) is 5.94. The van der Waals surface area contributed by atoms with E-state index in [0.717, 1.165) is 0 Å². The summed E-state index contributed by atoms with van der Waals surface area (Å²) in [5.41, 5.74) is 0.624. The van der Waals surface area contributed by atoms with Crippen LogP contribution in [-0.4, -0.2) is 11.5 Å². The van der Waals surface area contributed by atoms with Gasteiger partial charge in [0.15, 0.2) is 0 Å². The number of nitrogens with zero attached hydrogens (tertiary/aromatic N) is 1. The van der Waals surface area contributed by atoms with E-state index >= 15 is 0 Å². The number of para-hydroxylation sites is 2. The van der Waals surface area contributed by atoms with Crippen LogP contribution in [0.15, 0.2) is 41.8 Å². The SMILES string of the molecule is CC(C)(CNc1ccccc1[N+](=O)[O-])c1cccs1. The minimum absolute atomic E-state index is 0.0577. The van der Waals surface area contributed by atoms with Crippen LogP contribution >= 0.6 is 11.3 Å². The molecule has 0 aliphatic rings. The number of hydrogen-bond donors (Lipinski definition) is 1. The molecule has 0 atom stereocenters. The van der Waals surface area contributed by atoms with Crippen molar-refractivity contribution in [2.45, 2.75) is 19.3 Å². The van der Waals surface area contributed by atoms with E-state index in [2.05, 4.69) is 25.2 Å². The third-order valence-corrected chi connectivity index (χ3v) is 4.25. The number of anilines is 1. The van der Waals surface area contributed by atoms with Crippen LogP contribution in [0.1, 0.15) is 18.7 Å². The minimum atomic E-state index is -0.361. The van der Waals surface area contributed by atoms with Crippen molar-refractivity contribution in [1.29, 1.82) is 0 Å². The quantitative estimate of drug-likeness (QED) is 0.662. The van der Waals surface area contributed by atoms with Gasteiger partial charge in [-0.2, -0.15) is 0 Å². The zero-order valence-corrected chi connectivity index (χ0v) is 11.7. The van der Waals surface area contributed by atoms with Crippen LogP contribution in [0.2, 0.25) is 0 Å². The predicted molar refractivity (Wildman–Crippen MR) is 78.9 cm³/mol. The highest BCUT2D eigenvalue weighted by Crippen LogP contribution is 2.29. The van der Waals surface area contributed by atoms with E-state index in [4.69, 9.17) is 0 Å². The zero-order chi connectivity index (χ0) is 13.9. The van der Waals surface area contributed by atoms with E-state index in [9.17, 15) is 10.1 Å². The molecule has 0 bridgehead atoms. The van der Waals surface area contributed by atoms with Crippen molar-refractivity contribution in [3.05, 3.63) is 56.8 Å². The summed E-state index contributed by atoms with van der Waals surface area (Å²) in [6.45, 7) is 4.90. The molecular formula is C14H16N2O2S. The van der Waals surface area contributed by atoms with Crippen LogP contribution in [0, 0.1) is 10.1 Å². The Bertz CT molecular complexity index is 565. The predicted octanol–water partition coefficient (Wildman–Crippen LogP) is 4.05. The second-order valence-electron chi connectivity index (χ2n) is 4.99. The Balaban J connectivity index is 2.13. The monoisotopic (exact) mass is 276 g/mol. The van der Waals surface area contributed by atoms with E-state index < -0.39 is 0 Å². The maximum atomic E-state index is 10.9. The molecule has 0 saturated heterocycles. The highest BCUT2D eigenvalue weighted by atomic mass is 32.1. The molecule has 100 valence electrons. The van der Waals surface area contributed by atoms with Gasteiger partial charge in [0.1, 0.15) is 5.69 Å². The van der Waals surface area contributed by atoms with Crippen molar-refractivity contribution >= 4 is 22.7 Å². The fourth-order valence-corrected chi connectivity index (χ4v) is 2.70. The fourth-order valence-electron chi connectivity index (χ4n) is 1.85. The third kappa shape index (κ3) is 3.12. The summed E-state index contributed by atoms with van der Waals surface area (Å²) < 4.78 is 0.